The number of hydrogen-bond acceptors (Lipinski definition) is 5. The highest BCUT2D eigenvalue weighted by molar-refractivity contribution is 5.76. The van der Waals surface area contributed by atoms with Gasteiger partial charge in [-0.3, -0.25) is 9.78 Å². The van der Waals surface area contributed by atoms with E-state index in [4.69, 9.17) is 5.73 Å². The first kappa shape index (κ1) is 21.4. The van der Waals surface area contributed by atoms with Crippen LogP contribution in [0, 0.1) is 5.82 Å². The van der Waals surface area contributed by atoms with E-state index in [-0.39, 0.29) is 18.9 Å². The van der Waals surface area contributed by atoms with E-state index in [0.29, 0.717) is 18.5 Å². The number of pyridine rings is 1. The summed E-state index contributed by atoms with van der Waals surface area (Å²) in [7, 11) is 0. The molecule has 0 fully saturated rings. The van der Waals surface area contributed by atoms with Crippen molar-refractivity contribution in [1.82, 2.24) is 10.3 Å². The number of nitrogens with two attached hydrogens (primary N) is 1. The highest BCUT2D eigenvalue weighted by Crippen LogP contribution is 2.27. The number of aliphatic hydroxyl groups is 1. The molecule has 1 heterocycles. The number of aromatic nitrogens is 1. The lowest BCUT2D eigenvalue weighted by atomic mass is 10.1. The van der Waals surface area contributed by atoms with Gasteiger partial charge in [0.1, 0.15) is 5.82 Å². The monoisotopic (exact) mass is 408 g/mol. The number of benzene rings is 2. The molecular formula is C23H25FN4O2. The molecule has 0 saturated carbocycles. The van der Waals surface area contributed by atoms with Gasteiger partial charge in [0.25, 0.3) is 0 Å². The zero-order chi connectivity index (χ0) is 21.3. The molecule has 3 aromatic rings. The fourth-order valence-electron chi connectivity index (χ4n) is 3.11. The molecule has 1 unspecified atom stereocenters. The molecule has 156 valence electrons. The smallest absolute Gasteiger partial charge is 0.231 e. The highest BCUT2D eigenvalue weighted by atomic mass is 19.1. The first-order chi connectivity index (χ1) is 14.5. The number of aliphatic hydroxyl groups excluding tert-OH is 1. The van der Waals surface area contributed by atoms with Gasteiger partial charge in [0.2, 0.25) is 5.91 Å². The summed E-state index contributed by atoms with van der Waals surface area (Å²) < 4.78 is 13.3. The topological polar surface area (TPSA) is 100 Å². The molecule has 0 radical (unpaired) electrons. The van der Waals surface area contributed by atoms with Crippen LogP contribution in [-0.4, -0.2) is 35.6 Å². The summed E-state index contributed by atoms with van der Waals surface area (Å²) in [5.74, 6) is -0.707. The molecule has 0 aliphatic carbocycles. The van der Waals surface area contributed by atoms with E-state index in [9.17, 15) is 14.3 Å². The fraction of sp³-hybridized carbons (Fsp3) is 0.217. The molecule has 30 heavy (non-hydrogen) atoms. The van der Waals surface area contributed by atoms with Gasteiger partial charge in [-0.25, -0.2) is 4.39 Å². The van der Waals surface area contributed by atoms with Gasteiger partial charge in [-0.1, -0.05) is 36.4 Å². The fourth-order valence-corrected chi connectivity index (χ4v) is 3.11. The SMILES string of the molecule is NC(=O)CNCC(O)c1ccc(-c2ccccc2NCCc2cccc(F)c2)nc1. The second-order valence-electron chi connectivity index (χ2n) is 6.94. The zero-order valence-corrected chi connectivity index (χ0v) is 16.5. The van der Waals surface area contributed by atoms with Gasteiger partial charge in [-0.2, -0.15) is 0 Å². The average Bonchev–Trinajstić information content (AvgIpc) is 2.74. The van der Waals surface area contributed by atoms with Gasteiger partial charge >= 0.3 is 0 Å². The summed E-state index contributed by atoms with van der Waals surface area (Å²) in [6.45, 7) is 0.877. The summed E-state index contributed by atoms with van der Waals surface area (Å²) in [4.78, 5) is 15.2. The maximum absolute atomic E-state index is 13.3. The Morgan fingerprint density at radius 1 is 1.13 bits per heavy atom. The van der Waals surface area contributed by atoms with E-state index < -0.39 is 12.0 Å². The Kier molecular flexibility index (Phi) is 7.48. The Morgan fingerprint density at radius 3 is 2.70 bits per heavy atom. The number of amides is 1. The Labute approximate surface area is 175 Å². The first-order valence-electron chi connectivity index (χ1n) is 9.73. The van der Waals surface area contributed by atoms with Crippen molar-refractivity contribution in [3.8, 4) is 11.3 Å². The molecule has 1 aromatic heterocycles. The van der Waals surface area contributed by atoms with Crippen LogP contribution in [0.5, 0.6) is 0 Å². The molecule has 7 heteroatoms. The number of halogens is 1. The van der Waals surface area contributed by atoms with Gasteiger partial charge in [0.15, 0.2) is 0 Å². The molecule has 5 N–H and O–H groups in total. The molecule has 0 bridgehead atoms. The minimum absolute atomic E-state index is 0.0112. The van der Waals surface area contributed by atoms with E-state index >= 15 is 0 Å². The van der Waals surface area contributed by atoms with E-state index in [2.05, 4.69) is 15.6 Å². The minimum atomic E-state index is -0.787. The maximum Gasteiger partial charge on any atom is 0.231 e. The lowest BCUT2D eigenvalue weighted by molar-refractivity contribution is -0.117. The van der Waals surface area contributed by atoms with Crippen LogP contribution in [0.15, 0.2) is 66.9 Å². The molecule has 1 amide bonds. The summed E-state index contributed by atoms with van der Waals surface area (Å²) in [6.07, 6.45) is 1.53. The molecule has 0 spiro atoms. The van der Waals surface area contributed by atoms with Crippen LogP contribution in [0.2, 0.25) is 0 Å². The number of primary amides is 1. The molecular weight excluding hydrogens is 383 g/mol. The third kappa shape index (κ3) is 6.10. The van der Waals surface area contributed by atoms with Crippen LogP contribution in [0.1, 0.15) is 17.2 Å². The summed E-state index contributed by atoms with van der Waals surface area (Å²) in [6, 6.07) is 18.1. The number of nitrogens with zero attached hydrogens (tertiary/aromatic N) is 1. The molecule has 2 aromatic carbocycles. The van der Waals surface area contributed by atoms with Crippen LogP contribution in [0.4, 0.5) is 10.1 Å². The van der Waals surface area contributed by atoms with Crippen LogP contribution in [0.25, 0.3) is 11.3 Å². The van der Waals surface area contributed by atoms with E-state index in [0.717, 1.165) is 22.5 Å². The quantitative estimate of drug-likeness (QED) is 0.413. The van der Waals surface area contributed by atoms with Crippen LogP contribution >= 0.6 is 0 Å². The summed E-state index contributed by atoms with van der Waals surface area (Å²) >= 11 is 0. The second-order valence-corrected chi connectivity index (χ2v) is 6.94. The van der Waals surface area contributed by atoms with Gasteiger partial charge in [-0.05, 0) is 36.2 Å². The second kappa shape index (κ2) is 10.5. The molecule has 0 aliphatic rings. The summed E-state index contributed by atoms with van der Waals surface area (Å²) in [5.41, 5.74) is 9.28. The van der Waals surface area contributed by atoms with Crippen molar-refractivity contribution < 1.29 is 14.3 Å². The van der Waals surface area contributed by atoms with Crippen LogP contribution < -0.4 is 16.4 Å². The molecule has 0 saturated heterocycles. The third-order valence-corrected chi connectivity index (χ3v) is 4.63. The number of nitrogens with one attached hydrogen (secondary N) is 2. The number of anilines is 1. The van der Waals surface area contributed by atoms with Gasteiger partial charge < -0.3 is 21.5 Å². The van der Waals surface area contributed by atoms with E-state index in [1.54, 1.807) is 12.3 Å². The lowest BCUT2D eigenvalue weighted by Gasteiger charge is -2.14. The van der Waals surface area contributed by atoms with Crippen molar-refractivity contribution in [1.29, 1.82) is 0 Å². The van der Waals surface area contributed by atoms with Crippen LogP contribution in [-0.2, 0) is 11.2 Å². The Morgan fingerprint density at radius 2 is 1.97 bits per heavy atom. The number of para-hydroxylation sites is 1. The predicted octanol–water partition coefficient (Wildman–Crippen LogP) is 2.65. The highest BCUT2D eigenvalue weighted by Gasteiger charge is 2.10. The first-order valence-corrected chi connectivity index (χ1v) is 9.73. The molecule has 3 rings (SSSR count). The lowest BCUT2D eigenvalue weighted by Crippen LogP contribution is -2.31. The van der Waals surface area contributed by atoms with Crippen LogP contribution in [0.3, 0.4) is 0 Å². The number of carbonyl (C=O) groups excluding carboxylic acids is 1. The number of hydrogen-bond donors (Lipinski definition) is 4. The van der Waals surface area contributed by atoms with Crippen molar-refractivity contribution in [2.24, 2.45) is 5.73 Å². The molecule has 6 nitrogen and oxygen atoms in total. The largest absolute Gasteiger partial charge is 0.387 e. The Bertz CT molecular complexity index is 979. The third-order valence-electron chi connectivity index (χ3n) is 4.63. The van der Waals surface area contributed by atoms with Crippen molar-refractivity contribution in [2.45, 2.75) is 12.5 Å². The van der Waals surface area contributed by atoms with Crippen molar-refractivity contribution in [2.75, 3.05) is 25.0 Å². The van der Waals surface area contributed by atoms with Gasteiger partial charge in [0, 0.05) is 36.1 Å². The summed E-state index contributed by atoms with van der Waals surface area (Å²) in [5, 5.41) is 16.4. The molecule has 0 aliphatic heterocycles. The molecule has 1 atom stereocenters. The van der Waals surface area contributed by atoms with Crippen molar-refractivity contribution >= 4 is 11.6 Å². The maximum atomic E-state index is 13.3. The minimum Gasteiger partial charge on any atom is -0.387 e. The predicted molar refractivity (Wildman–Crippen MR) is 115 cm³/mol. The van der Waals surface area contributed by atoms with Gasteiger partial charge in [0.05, 0.1) is 18.3 Å². The Hall–Kier alpha value is -3.29. The van der Waals surface area contributed by atoms with Crippen molar-refractivity contribution in [3.63, 3.8) is 0 Å². The normalized spacial score (nSPS) is 11.8. The zero-order valence-electron chi connectivity index (χ0n) is 16.5. The van der Waals surface area contributed by atoms with E-state index in [1.807, 2.05) is 42.5 Å². The average molecular weight is 408 g/mol. The number of rotatable bonds is 10. The number of carbonyl (C=O) groups is 1. The van der Waals surface area contributed by atoms with Gasteiger partial charge in [-0.15, -0.1) is 0 Å². The Balaban J connectivity index is 1.63. The van der Waals surface area contributed by atoms with E-state index in [1.165, 1.54) is 12.1 Å². The van der Waals surface area contributed by atoms with Crippen molar-refractivity contribution in [3.05, 3.63) is 83.8 Å². The standard InChI is InChI=1S/C23H25FN4O2/c24-18-5-3-4-16(12-18)10-11-27-20-7-2-1-6-19(20)21-9-8-17(13-28-21)22(29)14-26-15-23(25)30/h1-9,12-13,22,26-27,29H,10-11,14-15H2,(H2,25,30).